The van der Waals surface area contributed by atoms with Gasteiger partial charge in [-0.15, -0.1) is 0 Å². The Balaban J connectivity index is 3.03. The molecule has 0 aromatic heterocycles. The molecule has 1 rings (SSSR count). The maximum absolute atomic E-state index is 11.6. The van der Waals surface area contributed by atoms with Gasteiger partial charge in [-0.2, -0.15) is 0 Å². The Morgan fingerprint density at radius 3 is 2.15 bits per heavy atom. The molecule has 1 aromatic carbocycles. The van der Waals surface area contributed by atoms with Crippen LogP contribution in [0.4, 0.5) is 0 Å². The maximum Gasteiger partial charge on any atom is 0.344 e. The largest absolute Gasteiger partial charge is 0.493 e. The number of hydrogen-bond donors (Lipinski definition) is 0. The molecule has 0 aliphatic carbocycles. The number of Topliss-reactive ketones (excluding diaryl/α,β-unsaturated/α-hetero) is 1. The smallest absolute Gasteiger partial charge is 0.344 e. The fourth-order valence-electron chi connectivity index (χ4n) is 1.59. The van der Waals surface area contributed by atoms with E-state index >= 15 is 0 Å². The Bertz CT molecular complexity index is 495. The van der Waals surface area contributed by atoms with Crippen molar-refractivity contribution in [2.24, 2.45) is 0 Å². The first-order valence-electron chi connectivity index (χ1n) is 6.08. The molecule has 20 heavy (non-hydrogen) atoms. The van der Waals surface area contributed by atoms with E-state index in [0.717, 1.165) is 0 Å². The van der Waals surface area contributed by atoms with Gasteiger partial charge in [0.1, 0.15) is 5.75 Å². The SMILES string of the molecule is CCOC(=O)COc1cc(OC)c(OC)cc1C(C)=O. The molecule has 0 atom stereocenters. The van der Waals surface area contributed by atoms with Crippen LogP contribution in [0.3, 0.4) is 0 Å². The van der Waals surface area contributed by atoms with E-state index < -0.39 is 5.97 Å². The van der Waals surface area contributed by atoms with E-state index in [1.165, 1.54) is 33.3 Å². The highest BCUT2D eigenvalue weighted by Gasteiger charge is 2.16. The van der Waals surface area contributed by atoms with Crippen molar-refractivity contribution in [3.8, 4) is 17.2 Å². The van der Waals surface area contributed by atoms with Gasteiger partial charge in [-0.1, -0.05) is 0 Å². The monoisotopic (exact) mass is 282 g/mol. The summed E-state index contributed by atoms with van der Waals surface area (Å²) in [6.45, 7) is 3.10. The van der Waals surface area contributed by atoms with Crippen LogP contribution in [-0.2, 0) is 9.53 Å². The van der Waals surface area contributed by atoms with Gasteiger partial charge in [-0.3, -0.25) is 4.79 Å². The molecule has 0 bridgehead atoms. The van der Waals surface area contributed by atoms with E-state index in [9.17, 15) is 9.59 Å². The van der Waals surface area contributed by atoms with Gasteiger partial charge in [0, 0.05) is 6.07 Å². The fourth-order valence-corrected chi connectivity index (χ4v) is 1.59. The summed E-state index contributed by atoms with van der Waals surface area (Å²) in [6.07, 6.45) is 0. The minimum absolute atomic E-state index is 0.204. The number of rotatable bonds is 7. The van der Waals surface area contributed by atoms with Crippen LogP contribution in [0.5, 0.6) is 17.2 Å². The normalized spacial score (nSPS) is 9.80. The van der Waals surface area contributed by atoms with Crippen molar-refractivity contribution in [3.63, 3.8) is 0 Å². The van der Waals surface area contributed by atoms with Crippen LogP contribution in [-0.4, -0.2) is 39.2 Å². The molecule has 0 saturated carbocycles. The van der Waals surface area contributed by atoms with Crippen molar-refractivity contribution >= 4 is 11.8 Å². The molecule has 110 valence electrons. The van der Waals surface area contributed by atoms with Crippen LogP contribution < -0.4 is 14.2 Å². The zero-order chi connectivity index (χ0) is 15.1. The molecule has 0 aliphatic heterocycles. The second kappa shape index (κ2) is 7.37. The predicted molar refractivity (Wildman–Crippen MR) is 71.7 cm³/mol. The van der Waals surface area contributed by atoms with Gasteiger partial charge >= 0.3 is 5.97 Å². The molecule has 0 spiro atoms. The zero-order valence-electron chi connectivity index (χ0n) is 12.0. The number of esters is 1. The number of carbonyl (C=O) groups excluding carboxylic acids is 2. The summed E-state index contributed by atoms with van der Waals surface area (Å²) in [6, 6.07) is 3.02. The second-order valence-corrected chi connectivity index (χ2v) is 3.85. The summed E-state index contributed by atoms with van der Waals surface area (Å²) in [7, 11) is 2.95. The maximum atomic E-state index is 11.6. The van der Waals surface area contributed by atoms with Gasteiger partial charge < -0.3 is 18.9 Å². The third-order valence-corrected chi connectivity index (χ3v) is 2.52. The number of methoxy groups -OCH3 is 2. The topological polar surface area (TPSA) is 71.1 Å². The van der Waals surface area contributed by atoms with Gasteiger partial charge in [-0.25, -0.2) is 4.79 Å². The highest BCUT2D eigenvalue weighted by molar-refractivity contribution is 5.97. The van der Waals surface area contributed by atoms with Crippen molar-refractivity contribution in [1.82, 2.24) is 0 Å². The van der Waals surface area contributed by atoms with Crippen LogP contribution in [0.25, 0.3) is 0 Å². The Morgan fingerprint density at radius 1 is 1.05 bits per heavy atom. The Kier molecular flexibility index (Phi) is 5.83. The van der Waals surface area contributed by atoms with E-state index in [0.29, 0.717) is 17.1 Å². The lowest BCUT2D eigenvalue weighted by Crippen LogP contribution is -2.15. The Morgan fingerprint density at radius 2 is 1.65 bits per heavy atom. The molecule has 0 amide bonds. The number of hydrogen-bond acceptors (Lipinski definition) is 6. The highest BCUT2D eigenvalue weighted by Crippen LogP contribution is 2.34. The zero-order valence-corrected chi connectivity index (χ0v) is 12.0. The van der Waals surface area contributed by atoms with Crippen LogP contribution in [0, 0.1) is 0 Å². The van der Waals surface area contributed by atoms with Gasteiger partial charge in [0.25, 0.3) is 0 Å². The summed E-state index contributed by atoms with van der Waals surface area (Å²) < 4.78 is 20.3. The lowest BCUT2D eigenvalue weighted by Gasteiger charge is -2.14. The molecular weight excluding hydrogens is 264 g/mol. The van der Waals surface area contributed by atoms with E-state index in [-0.39, 0.29) is 24.7 Å². The first-order valence-corrected chi connectivity index (χ1v) is 6.08. The van der Waals surface area contributed by atoms with Crippen LogP contribution in [0.15, 0.2) is 12.1 Å². The predicted octanol–water partition coefficient (Wildman–Crippen LogP) is 1.85. The molecule has 6 nitrogen and oxygen atoms in total. The molecule has 0 N–H and O–H groups in total. The quantitative estimate of drug-likeness (QED) is 0.561. The minimum atomic E-state index is -0.503. The fraction of sp³-hybridized carbons (Fsp3) is 0.429. The molecule has 0 fully saturated rings. The minimum Gasteiger partial charge on any atom is -0.493 e. The van der Waals surface area contributed by atoms with Gasteiger partial charge in [0.2, 0.25) is 0 Å². The lowest BCUT2D eigenvalue weighted by molar-refractivity contribution is -0.145. The summed E-state index contributed by atoms with van der Waals surface area (Å²) in [5.41, 5.74) is 0.312. The van der Waals surface area contributed by atoms with Gasteiger partial charge in [0.05, 0.1) is 26.4 Å². The van der Waals surface area contributed by atoms with Gasteiger partial charge in [-0.05, 0) is 19.9 Å². The average molecular weight is 282 g/mol. The van der Waals surface area contributed by atoms with E-state index in [4.69, 9.17) is 18.9 Å². The average Bonchev–Trinajstić information content (AvgIpc) is 2.44. The van der Waals surface area contributed by atoms with Crippen molar-refractivity contribution in [2.45, 2.75) is 13.8 Å². The standard InChI is InChI=1S/C14H18O6/c1-5-19-14(16)8-20-11-7-13(18-4)12(17-3)6-10(11)9(2)15/h6-7H,5,8H2,1-4H3. The van der Waals surface area contributed by atoms with E-state index in [1.807, 2.05) is 0 Å². The molecule has 0 unspecified atom stereocenters. The van der Waals surface area contributed by atoms with Crippen LogP contribution in [0.2, 0.25) is 0 Å². The molecule has 0 saturated heterocycles. The van der Waals surface area contributed by atoms with E-state index in [1.54, 1.807) is 6.92 Å². The molecular formula is C14H18O6. The third-order valence-electron chi connectivity index (χ3n) is 2.52. The Hall–Kier alpha value is -2.24. The second-order valence-electron chi connectivity index (χ2n) is 3.85. The molecule has 0 heterocycles. The number of ketones is 1. The lowest BCUT2D eigenvalue weighted by atomic mass is 10.1. The summed E-state index contributed by atoms with van der Waals surface area (Å²) in [5.74, 6) is 0.377. The van der Waals surface area contributed by atoms with Crippen molar-refractivity contribution < 1.29 is 28.5 Å². The number of carbonyl (C=O) groups is 2. The summed E-state index contributed by atoms with van der Waals surface area (Å²) >= 11 is 0. The highest BCUT2D eigenvalue weighted by atomic mass is 16.6. The van der Waals surface area contributed by atoms with Crippen molar-refractivity contribution in [3.05, 3.63) is 17.7 Å². The molecule has 0 aliphatic rings. The third kappa shape index (κ3) is 3.88. The first kappa shape index (κ1) is 15.8. The number of benzene rings is 1. The van der Waals surface area contributed by atoms with Crippen LogP contribution in [0.1, 0.15) is 24.2 Å². The summed E-state index contributed by atoms with van der Waals surface area (Å²) in [4.78, 5) is 22.9. The number of ether oxygens (including phenoxy) is 4. The summed E-state index contributed by atoms with van der Waals surface area (Å²) in [5, 5.41) is 0. The molecule has 6 heteroatoms. The van der Waals surface area contributed by atoms with Crippen LogP contribution >= 0.6 is 0 Å². The van der Waals surface area contributed by atoms with Crippen molar-refractivity contribution in [1.29, 1.82) is 0 Å². The first-order chi connectivity index (χ1) is 9.53. The molecule has 0 radical (unpaired) electrons. The van der Waals surface area contributed by atoms with E-state index in [2.05, 4.69) is 0 Å². The van der Waals surface area contributed by atoms with Crippen molar-refractivity contribution in [2.75, 3.05) is 27.4 Å². The van der Waals surface area contributed by atoms with Gasteiger partial charge in [0.15, 0.2) is 23.9 Å². The molecule has 1 aromatic rings. The Labute approximate surface area is 117 Å².